The van der Waals surface area contributed by atoms with Crippen LogP contribution in [0.25, 0.3) is 0 Å². The van der Waals surface area contributed by atoms with Gasteiger partial charge in [0.1, 0.15) is 0 Å². The van der Waals surface area contributed by atoms with Gasteiger partial charge in [-0.15, -0.1) is 0 Å². The third-order valence-corrected chi connectivity index (χ3v) is 4.65. The fraction of sp³-hybridized carbons (Fsp3) is 0.136. The summed E-state index contributed by atoms with van der Waals surface area (Å²) in [5.41, 5.74) is 5.19. The molecule has 1 aromatic heterocycles. The Morgan fingerprint density at radius 1 is 0.966 bits per heavy atom. The lowest BCUT2D eigenvalue weighted by atomic mass is 10.1. The third-order valence-electron chi connectivity index (χ3n) is 4.40. The predicted molar refractivity (Wildman–Crippen MR) is 110 cm³/mol. The number of carbonyl (C=O) groups is 3. The van der Waals surface area contributed by atoms with Crippen LogP contribution in [0.15, 0.2) is 60.7 Å². The molecule has 0 aliphatic rings. The Balaban J connectivity index is 1.68. The SMILES string of the molecule is Cc1cc(C(=O)COC(=O)c2ccc(Cl)cc2)c(C)n1NC(=O)c1ccccc1. The number of hydrogen-bond donors (Lipinski definition) is 1. The molecule has 0 saturated heterocycles. The zero-order valence-electron chi connectivity index (χ0n) is 15.9. The summed E-state index contributed by atoms with van der Waals surface area (Å²) in [5.74, 6) is -1.26. The standard InChI is InChI=1S/C22H19ClN2O4/c1-14-12-19(15(2)25(14)24-21(27)16-6-4-3-5-7-16)20(26)13-29-22(28)17-8-10-18(23)11-9-17/h3-12H,13H2,1-2H3,(H,24,27). The molecule has 0 saturated carbocycles. The molecule has 1 N–H and O–H groups in total. The van der Waals surface area contributed by atoms with Gasteiger partial charge in [-0.2, -0.15) is 0 Å². The Morgan fingerprint density at radius 3 is 2.28 bits per heavy atom. The van der Waals surface area contributed by atoms with Gasteiger partial charge >= 0.3 is 5.97 Å². The highest BCUT2D eigenvalue weighted by Gasteiger charge is 2.19. The van der Waals surface area contributed by atoms with Gasteiger partial charge in [0.25, 0.3) is 5.91 Å². The summed E-state index contributed by atoms with van der Waals surface area (Å²) in [6.07, 6.45) is 0. The van der Waals surface area contributed by atoms with Gasteiger partial charge < -0.3 is 4.74 Å². The van der Waals surface area contributed by atoms with Gasteiger partial charge in [0, 0.05) is 27.5 Å². The van der Waals surface area contributed by atoms with Gasteiger partial charge in [0.15, 0.2) is 6.61 Å². The maximum atomic E-state index is 12.6. The topological polar surface area (TPSA) is 77.4 Å². The van der Waals surface area contributed by atoms with E-state index in [2.05, 4.69) is 5.43 Å². The van der Waals surface area contributed by atoms with Crippen molar-refractivity contribution in [2.24, 2.45) is 0 Å². The van der Waals surface area contributed by atoms with E-state index in [9.17, 15) is 14.4 Å². The first-order valence-corrected chi connectivity index (χ1v) is 9.26. The molecule has 0 atom stereocenters. The van der Waals surface area contributed by atoms with E-state index in [0.29, 0.717) is 33.1 Å². The summed E-state index contributed by atoms with van der Waals surface area (Å²) in [6, 6.07) is 16.6. The Kier molecular flexibility index (Phi) is 6.14. The highest BCUT2D eigenvalue weighted by Crippen LogP contribution is 2.16. The van der Waals surface area contributed by atoms with Crippen LogP contribution in [-0.4, -0.2) is 28.9 Å². The van der Waals surface area contributed by atoms with E-state index >= 15 is 0 Å². The molecule has 29 heavy (non-hydrogen) atoms. The Bertz CT molecular complexity index is 1060. The number of nitrogens with zero attached hydrogens (tertiary/aromatic N) is 1. The second kappa shape index (κ2) is 8.75. The molecule has 0 radical (unpaired) electrons. The number of ether oxygens (including phenoxy) is 1. The fourth-order valence-electron chi connectivity index (χ4n) is 2.85. The van der Waals surface area contributed by atoms with Crippen LogP contribution in [0, 0.1) is 13.8 Å². The zero-order valence-corrected chi connectivity index (χ0v) is 16.7. The molecule has 0 aliphatic carbocycles. The van der Waals surface area contributed by atoms with Crippen LogP contribution in [0.1, 0.15) is 42.5 Å². The molecule has 3 aromatic rings. The smallest absolute Gasteiger partial charge is 0.338 e. The fourth-order valence-corrected chi connectivity index (χ4v) is 2.98. The van der Waals surface area contributed by atoms with Crippen molar-refractivity contribution in [1.29, 1.82) is 0 Å². The van der Waals surface area contributed by atoms with Crippen molar-refractivity contribution >= 4 is 29.3 Å². The molecule has 148 valence electrons. The zero-order chi connectivity index (χ0) is 21.0. The minimum absolute atomic E-state index is 0.291. The first-order valence-electron chi connectivity index (χ1n) is 8.88. The van der Waals surface area contributed by atoms with Crippen molar-refractivity contribution < 1.29 is 19.1 Å². The molecule has 3 rings (SSSR count). The lowest BCUT2D eigenvalue weighted by molar-refractivity contribution is 0.0474. The van der Waals surface area contributed by atoms with Crippen molar-refractivity contribution in [3.63, 3.8) is 0 Å². The van der Waals surface area contributed by atoms with Gasteiger partial charge in [-0.1, -0.05) is 29.8 Å². The number of rotatable bonds is 6. The van der Waals surface area contributed by atoms with Gasteiger partial charge in [-0.05, 0) is 56.3 Å². The van der Waals surface area contributed by atoms with Crippen LogP contribution in [0.5, 0.6) is 0 Å². The average molecular weight is 411 g/mol. The highest BCUT2D eigenvalue weighted by molar-refractivity contribution is 6.30. The van der Waals surface area contributed by atoms with E-state index in [1.807, 2.05) is 6.07 Å². The third kappa shape index (κ3) is 4.73. The lowest BCUT2D eigenvalue weighted by Crippen LogP contribution is -2.25. The predicted octanol–water partition coefficient (Wildman–Crippen LogP) is 4.18. The summed E-state index contributed by atoms with van der Waals surface area (Å²) in [4.78, 5) is 37.0. The quantitative estimate of drug-likeness (QED) is 0.488. The van der Waals surface area contributed by atoms with E-state index < -0.39 is 12.6 Å². The van der Waals surface area contributed by atoms with Crippen molar-refractivity contribution in [1.82, 2.24) is 4.68 Å². The number of Topliss-reactive ketones (excluding diaryl/α,β-unsaturated/α-hetero) is 1. The number of aromatic nitrogens is 1. The van der Waals surface area contributed by atoms with Crippen LogP contribution < -0.4 is 5.43 Å². The Labute approximate surface area is 173 Å². The molecule has 1 amide bonds. The maximum Gasteiger partial charge on any atom is 0.338 e. The number of ketones is 1. The monoisotopic (exact) mass is 410 g/mol. The molecule has 7 heteroatoms. The van der Waals surface area contributed by atoms with Crippen molar-refractivity contribution in [2.45, 2.75) is 13.8 Å². The van der Waals surface area contributed by atoms with E-state index in [1.54, 1.807) is 61.0 Å². The van der Waals surface area contributed by atoms with E-state index in [4.69, 9.17) is 16.3 Å². The van der Waals surface area contributed by atoms with Crippen LogP contribution in [0.3, 0.4) is 0 Å². The van der Waals surface area contributed by atoms with Gasteiger partial charge in [-0.3, -0.25) is 19.7 Å². The summed E-state index contributed by atoms with van der Waals surface area (Å²) in [6.45, 7) is 3.08. The number of aryl methyl sites for hydroxylation is 1. The molecular formula is C22H19ClN2O4. The minimum atomic E-state index is -0.610. The van der Waals surface area contributed by atoms with Crippen LogP contribution in [0.2, 0.25) is 5.02 Å². The van der Waals surface area contributed by atoms with Gasteiger partial charge in [0.2, 0.25) is 5.78 Å². The van der Waals surface area contributed by atoms with Crippen LogP contribution >= 0.6 is 11.6 Å². The van der Waals surface area contributed by atoms with E-state index in [1.165, 1.54) is 12.1 Å². The molecule has 1 heterocycles. The number of benzene rings is 2. The summed E-state index contributed by atoms with van der Waals surface area (Å²) < 4.78 is 6.66. The average Bonchev–Trinajstić information content (AvgIpc) is 3.01. The molecular weight excluding hydrogens is 392 g/mol. The van der Waals surface area contributed by atoms with Crippen molar-refractivity contribution in [2.75, 3.05) is 12.0 Å². The second-order valence-corrected chi connectivity index (χ2v) is 6.87. The largest absolute Gasteiger partial charge is 0.454 e. The molecule has 0 spiro atoms. The normalized spacial score (nSPS) is 10.4. The maximum absolute atomic E-state index is 12.6. The van der Waals surface area contributed by atoms with Gasteiger partial charge in [0.05, 0.1) is 5.56 Å². The molecule has 0 fully saturated rings. The summed E-state index contributed by atoms with van der Waals surface area (Å²) >= 11 is 5.80. The highest BCUT2D eigenvalue weighted by atomic mass is 35.5. The summed E-state index contributed by atoms with van der Waals surface area (Å²) in [5, 5.41) is 0.502. The Hall–Kier alpha value is -3.38. The van der Waals surface area contributed by atoms with Gasteiger partial charge in [-0.25, -0.2) is 4.79 Å². The minimum Gasteiger partial charge on any atom is -0.454 e. The molecule has 0 unspecified atom stereocenters. The number of nitrogens with one attached hydrogen (secondary N) is 1. The number of hydrogen-bond acceptors (Lipinski definition) is 4. The molecule has 6 nitrogen and oxygen atoms in total. The Morgan fingerprint density at radius 2 is 1.62 bits per heavy atom. The first kappa shape index (κ1) is 20.4. The van der Waals surface area contributed by atoms with Crippen LogP contribution in [0.4, 0.5) is 0 Å². The van der Waals surface area contributed by atoms with Crippen molar-refractivity contribution in [3.8, 4) is 0 Å². The lowest BCUT2D eigenvalue weighted by Gasteiger charge is -2.11. The molecule has 0 bridgehead atoms. The number of halogens is 1. The number of carbonyl (C=O) groups excluding carboxylic acids is 3. The second-order valence-electron chi connectivity index (χ2n) is 6.43. The first-order chi connectivity index (χ1) is 13.9. The van der Waals surface area contributed by atoms with Crippen molar-refractivity contribution in [3.05, 3.63) is 93.8 Å². The van der Waals surface area contributed by atoms with E-state index in [-0.39, 0.29) is 11.7 Å². The van der Waals surface area contributed by atoms with E-state index in [0.717, 1.165) is 0 Å². The molecule has 2 aromatic carbocycles. The van der Waals surface area contributed by atoms with Crippen LogP contribution in [-0.2, 0) is 4.74 Å². The number of esters is 1. The summed E-state index contributed by atoms with van der Waals surface area (Å²) in [7, 11) is 0. The molecule has 0 aliphatic heterocycles. The number of amides is 1.